The number of rotatable bonds is 6. The van der Waals surface area contributed by atoms with Gasteiger partial charge in [-0.25, -0.2) is 9.97 Å². The van der Waals surface area contributed by atoms with Crippen molar-refractivity contribution in [2.24, 2.45) is 0 Å². The van der Waals surface area contributed by atoms with Gasteiger partial charge in [-0.2, -0.15) is 0 Å². The van der Waals surface area contributed by atoms with E-state index >= 15 is 0 Å². The lowest BCUT2D eigenvalue weighted by Gasteiger charge is -2.22. The maximum absolute atomic E-state index is 12.6. The number of anilines is 2. The molecule has 1 aromatic heterocycles. The molecule has 6 heteroatoms. The normalized spacial score (nSPS) is 11.0. The van der Waals surface area contributed by atoms with Gasteiger partial charge < -0.3 is 15.4 Å². The van der Waals surface area contributed by atoms with Crippen LogP contribution in [0.15, 0.2) is 60.9 Å². The third-order valence-electron chi connectivity index (χ3n) is 4.50. The number of methoxy groups -OCH3 is 1. The molecule has 1 heterocycles. The molecule has 3 rings (SSSR count). The number of para-hydroxylation sites is 1. The van der Waals surface area contributed by atoms with E-state index in [0.29, 0.717) is 12.4 Å². The van der Waals surface area contributed by atoms with E-state index in [1.54, 1.807) is 13.3 Å². The maximum atomic E-state index is 12.6. The largest absolute Gasteiger partial charge is 0.497 e. The second-order valence-corrected chi connectivity index (χ2v) is 7.74. The third-order valence-corrected chi connectivity index (χ3v) is 4.50. The molecule has 6 nitrogen and oxygen atoms in total. The quantitative estimate of drug-likeness (QED) is 0.641. The van der Waals surface area contributed by atoms with Crippen LogP contribution in [0.1, 0.15) is 42.4 Å². The molecule has 0 aliphatic heterocycles. The molecule has 0 spiro atoms. The predicted molar refractivity (Wildman–Crippen MR) is 115 cm³/mol. The summed E-state index contributed by atoms with van der Waals surface area (Å²) < 4.78 is 5.16. The first-order chi connectivity index (χ1) is 13.9. The van der Waals surface area contributed by atoms with Crippen LogP contribution in [-0.4, -0.2) is 23.0 Å². The Balaban J connectivity index is 1.63. The molecule has 2 N–H and O–H groups in total. The number of amides is 1. The van der Waals surface area contributed by atoms with E-state index in [1.807, 2.05) is 48.5 Å². The van der Waals surface area contributed by atoms with Crippen LogP contribution in [-0.2, 0) is 12.0 Å². The summed E-state index contributed by atoms with van der Waals surface area (Å²) in [6.07, 6.45) is 3.04. The Morgan fingerprint density at radius 1 is 1.00 bits per heavy atom. The van der Waals surface area contributed by atoms with Crippen molar-refractivity contribution in [3.8, 4) is 5.75 Å². The Morgan fingerprint density at radius 2 is 1.72 bits per heavy atom. The van der Waals surface area contributed by atoms with Crippen molar-refractivity contribution in [2.75, 3.05) is 17.7 Å². The molecule has 0 fully saturated rings. The van der Waals surface area contributed by atoms with E-state index in [0.717, 1.165) is 22.6 Å². The number of hydrogen-bond donors (Lipinski definition) is 2. The van der Waals surface area contributed by atoms with E-state index in [1.165, 1.54) is 6.20 Å². The average Bonchev–Trinajstić information content (AvgIpc) is 2.72. The highest BCUT2D eigenvalue weighted by atomic mass is 16.5. The SMILES string of the molecule is COc1ccc(CNc2cnc(C(=O)Nc3ccccc3C(C)(C)C)cn2)cc1. The van der Waals surface area contributed by atoms with Crippen LogP contribution >= 0.6 is 0 Å². The number of benzene rings is 2. The van der Waals surface area contributed by atoms with E-state index in [4.69, 9.17) is 4.74 Å². The summed E-state index contributed by atoms with van der Waals surface area (Å²) in [5.41, 5.74) is 3.13. The first-order valence-corrected chi connectivity index (χ1v) is 9.46. The Bertz CT molecular complexity index is 961. The highest BCUT2D eigenvalue weighted by Crippen LogP contribution is 2.29. The smallest absolute Gasteiger partial charge is 0.275 e. The van der Waals surface area contributed by atoms with Crippen molar-refractivity contribution >= 4 is 17.4 Å². The summed E-state index contributed by atoms with van der Waals surface area (Å²) in [6, 6.07) is 15.6. The zero-order valence-electron chi connectivity index (χ0n) is 17.2. The zero-order valence-corrected chi connectivity index (χ0v) is 17.2. The van der Waals surface area contributed by atoms with Crippen LogP contribution in [0.2, 0.25) is 0 Å². The predicted octanol–water partition coefficient (Wildman–Crippen LogP) is 4.65. The van der Waals surface area contributed by atoms with Crippen LogP contribution in [0.25, 0.3) is 0 Å². The molecule has 0 saturated carbocycles. The number of aromatic nitrogens is 2. The van der Waals surface area contributed by atoms with Gasteiger partial charge in [0.25, 0.3) is 5.91 Å². The molecular weight excluding hydrogens is 364 g/mol. The Morgan fingerprint density at radius 3 is 2.34 bits per heavy atom. The Kier molecular flexibility index (Phi) is 6.12. The maximum Gasteiger partial charge on any atom is 0.275 e. The molecule has 29 heavy (non-hydrogen) atoms. The number of nitrogens with one attached hydrogen (secondary N) is 2. The molecule has 0 saturated heterocycles. The van der Waals surface area contributed by atoms with Gasteiger partial charge in [0, 0.05) is 12.2 Å². The molecule has 2 aromatic carbocycles. The molecule has 0 aliphatic rings. The molecule has 3 aromatic rings. The summed E-state index contributed by atoms with van der Waals surface area (Å²) in [5.74, 6) is 1.14. The van der Waals surface area contributed by atoms with Gasteiger partial charge in [-0.1, -0.05) is 51.1 Å². The summed E-state index contributed by atoms with van der Waals surface area (Å²) >= 11 is 0. The minimum absolute atomic E-state index is 0.0786. The lowest BCUT2D eigenvalue weighted by molar-refractivity contribution is 0.102. The topological polar surface area (TPSA) is 76.1 Å². The summed E-state index contributed by atoms with van der Waals surface area (Å²) in [4.78, 5) is 21.1. The van der Waals surface area contributed by atoms with Gasteiger partial charge in [0.05, 0.1) is 19.5 Å². The summed E-state index contributed by atoms with van der Waals surface area (Å²) in [7, 11) is 1.64. The third kappa shape index (κ3) is 5.31. The fourth-order valence-electron chi connectivity index (χ4n) is 2.91. The highest BCUT2D eigenvalue weighted by Gasteiger charge is 2.19. The average molecular weight is 390 g/mol. The van der Waals surface area contributed by atoms with Crippen molar-refractivity contribution in [3.05, 3.63) is 77.7 Å². The summed E-state index contributed by atoms with van der Waals surface area (Å²) in [6.45, 7) is 6.94. The van der Waals surface area contributed by atoms with Gasteiger partial charge >= 0.3 is 0 Å². The second-order valence-electron chi connectivity index (χ2n) is 7.74. The molecule has 0 radical (unpaired) electrons. The second kappa shape index (κ2) is 8.73. The molecule has 0 unspecified atom stereocenters. The van der Waals surface area contributed by atoms with E-state index < -0.39 is 0 Å². The van der Waals surface area contributed by atoms with E-state index in [2.05, 4.69) is 41.4 Å². The van der Waals surface area contributed by atoms with Crippen molar-refractivity contribution in [1.82, 2.24) is 9.97 Å². The molecule has 0 bridgehead atoms. The fraction of sp³-hybridized carbons (Fsp3) is 0.261. The van der Waals surface area contributed by atoms with Gasteiger partial charge in [-0.15, -0.1) is 0 Å². The number of ether oxygens (including phenoxy) is 1. The van der Waals surface area contributed by atoms with E-state index in [9.17, 15) is 4.79 Å². The van der Waals surface area contributed by atoms with Crippen molar-refractivity contribution in [2.45, 2.75) is 32.7 Å². The fourth-order valence-corrected chi connectivity index (χ4v) is 2.91. The van der Waals surface area contributed by atoms with Crippen LogP contribution in [0.5, 0.6) is 5.75 Å². The van der Waals surface area contributed by atoms with Crippen molar-refractivity contribution in [3.63, 3.8) is 0 Å². The monoisotopic (exact) mass is 390 g/mol. The molecule has 0 aliphatic carbocycles. The van der Waals surface area contributed by atoms with Gasteiger partial charge in [0.15, 0.2) is 0 Å². The van der Waals surface area contributed by atoms with Crippen molar-refractivity contribution in [1.29, 1.82) is 0 Å². The lowest BCUT2D eigenvalue weighted by Crippen LogP contribution is -2.19. The van der Waals surface area contributed by atoms with Gasteiger partial charge in [-0.05, 0) is 34.7 Å². The van der Waals surface area contributed by atoms with Crippen LogP contribution < -0.4 is 15.4 Å². The summed E-state index contributed by atoms with van der Waals surface area (Å²) in [5, 5.41) is 6.14. The van der Waals surface area contributed by atoms with Crippen LogP contribution in [0.3, 0.4) is 0 Å². The molecular formula is C23H26N4O2. The standard InChI is InChI=1S/C23H26N4O2/c1-23(2,3)18-7-5-6-8-19(18)27-22(28)20-14-26-21(15-24-20)25-13-16-9-11-17(29-4)12-10-16/h5-12,14-15H,13H2,1-4H3,(H,25,26)(H,27,28). The number of hydrogen-bond acceptors (Lipinski definition) is 5. The number of carbonyl (C=O) groups excluding carboxylic acids is 1. The molecule has 1 amide bonds. The Labute approximate surface area is 171 Å². The minimum Gasteiger partial charge on any atom is -0.497 e. The van der Waals surface area contributed by atoms with Crippen molar-refractivity contribution < 1.29 is 9.53 Å². The highest BCUT2D eigenvalue weighted by molar-refractivity contribution is 6.03. The molecule has 150 valence electrons. The van der Waals surface area contributed by atoms with Gasteiger partial charge in [-0.3, -0.25) is 4.79 Å². The van der Waals surface area contributed by atoms with Gasteiger partial charge in [0.2, 0.25) is 0 Å². The van der Waals surface area contributed by atoms with Crippen LogP contribution in [0, 0.1) is 0 Å². The lowest BCUT2D eigenvalue weighted by atomic mass is 9.86. The number of nitrogens with zero attached hydrogens (tertiary/aromatic N) is 2. The van der Waals surface area contributed by atoms with E-state index in [-0.39, 0.29) is 17.0 Å². The van der Waals surface area contributed by atoms with Crippen LogP contribution in [0.4, 0.5) is 11.5 Å². The molecule has 0 atom stereocenters. The number of carbonyl (C=O) groups is 1. The Hall–Kier alpha value is -3.41. The van der Waals surface area contributed by atoms with Gasteiger partial charge in [0.1, 0.15) is 17.3 Å². The minimum atomic E-state index is -0.282. The first kappa shape index (κ1) is 20.3. The first-order valence-electron chi connectivity index (χ1n) is 9.46. The zero-order chi connectivity index (χ0) is 20.9.